The van der Waals surface area contributed by atoms with Crippen molar-refractivity contribution in [2.75, 3.05) is 32.8 Å². The van der Waals surface area contributed by atoms with Crippen LogP contribution >= 0.6 is 0 Å². The van der Waals surface area contributed by atoms with E-state index in [-0.39, 0.29) is 56.9 Å². The van der Waals surface area contributed by atoms with Gasteiger partial charge in [0.25, 0.3) is 5.91 Å². The van der Waals surface area contributed by atoms with Crippen LogP contribution in [0.25, 0.3) is 11.4 Å². The van der Waals surface area contributed by atoms with E-state index in [1.54, 1.807) is 37.4 Å². The summed E-state index contributed by atoms with van der Waals surface area (Å²) in [6, 6.07) is 14.6. The lowest BCUT2D eigenvalue weighted by Gasteiger charge is -2.23. The summed E-state index contributed by atoms with van der Waals surface area (Å²) in [7, 11) is 0. The molecule has 252 valence electrons. The van der Waals surface area contributed by atoms with Crippen LogP contribution in [-0.2, 0) is 27.3 Å². The molecule has 15 nitrogen and oxygen atoms in total. The molecule has 4 aromatic rings. The summed E-state index contributed by atoms with van der Waals surface area (Å²) in [5.74, 6) is -0.160. The number of hydrogen-bond acceptors (Lipinski definition) is 9. The number of ether oxygens (including phenoxy) is 1. The van der Waals surface area contributed by atoms with Gasteiger partial charge in [-0.1, -0.05) is 36.4 Å². The van der Waals surface area contributed by atoms with Crippen molar-refractivity contribution in [3.8, 4) is 17.1 Å². The van der Waals surface area contributed by atoms with E-state index in [1.807, 2.05) is 30.3 Å². The number of fused-ring (bicyclic) bond motifs is 2. The van der Waals surface area contributed by atoms with Crippen LogP contribution in [0.1, 0.15) is 47.7 Å². The average molecular weight is 657 g/mol. The highest BCUT2D eigenvalue weighted by molar-refractivity contribution is 5.98. The minimum Gasteiger partial charge on any atom is -0.492 e. The van der Waals surface area contributed by atoms with Gasteiger partial charge in [0.05, 0.1) is 25.5 Å². The molecular formula is C33H40N10O5. The topological polar surface area (TPSA) is 202 Å². The number of rotatable bonds is 6. The second-order valence-electron chi connectivity index (χ2n) is 11.5. The Morgan fingerprint density at radius 2 is 1.85 bits per heavy atom. The van der Waals surface area contributed by atoms with Gasteiger partial charge in [0.15, 0.2) is 5.82 Å². The summed E-state index contributed by atoms with van der Waals surface area (Å²) >= 11 is 0. The third-order valence-corrected chi connectivity index (χ3v) is 7.66. The SMILES string of the molecule is C[C@H](N)c1nc(-c2ccccc2)nn1CC(=O)N1CCCCNC(=O)[C@H](Cc2cnc[nH]2)NC(=O)c2cccc(c2)OCCNC(=O)C1. The number of nitrogens with one attached hydrogen (secondary N) is 4. The van der Waals surface area contributed by atoms with Crippen LogP contribution < -0.4 is 26.4 Å². The van der Waals surface area contributed by atoms with Crippen molar-refractivity contribution < 1.29 is 23.9 Å². The van der Waals surface area contributed by atoms with Gasteiger partial charge in [0.1, 0.15) is 30.8 Å². The number of imidazole rings is 1. The molecular weight excluding hydrogens is 616 g/mol. The first kappa shape index (κ1) is 33.8. The molecule has 15 heteroatoms. The van der Waals surface area contributed by atoms with Crippen molar-refractivity contribution in [2.45, 2.75) is 44.8 Å². The first-order valence-electron chi connectivity index (χ1n) is 15.9. The quantitative estimate of drug-likeness (QED) is 0.200. The Morgan fingerprint density at radius 3 is 2.62 bits per heavy atom. The first-order valence-corrected chi connectivity index (χ1v) is 15.9. The van der Waals surface area contributed by atoms with E-state index < -0.39 is 18.0 Å². The van der Waals surface area contributed by atoms with E-state index in [9.17, 15) is 19.2 Å². The maximum atomic E-state index is 13.6. The number of aromatic amines is 1. The fourth-order valence-corrected chi connectivity index (χ4v) is 5.18. The maximum absolute atomic E-state index is 13.6. The number of benzene rings is 2. The zero-order valence-corrected chi connectivity index (χ0v) is 26.7. The molecule has 6 N–H and O–H groups in total. The highest BCUT2D eigenvalue weighted by Gasteiger charge is 2.24. The summed E-state index contributed by atoms with van der Waals surface area (Å²) in [6.07, 6.45) is 4.33. The Balaban J connectivity index is 1.30. The van der Waals surface area contributed by atoms with E-state index in [1.165, 1.54) is 15.9 Å². The van der Waals surface area contributed by atoms with Crippen molar-refractivity contribution in [3.05, 3.63) is 84.2 Å². The number of H-pyrrole nitrogens is 1. The van der Waals surface area contributed by atoms with Gasteiger partial charge in [-0.05, 0) is 38.0 Å². The Morgan fingerprint density at radius 1 is 1.04 bits per heavy atom. The van der Waals surface area contributed by atoms with Gasteiger partial charge >= 0.3 is 0 Å². The third kappa shape index (κ3) is 9.25. The first-order chi connectivity index (χ1) is 23.3. The maximum Gasteiger partial charge on any atom is 0.252 e. The molecule has 0 unspecified atom stereocenters. The van der Waals surface area contributed by atoms with Crippen molar-refractivity contribution in [2.24, 2.45) is 5.73 Å². The average Bonchev–Trinajstić information content (AvgIpc) is 3.76. The lowest BCUT2D eigenvalue weighted by molar-refractivity contribution is -0.136. The molecule has 4 amide bonds. The zero-order valence-electron chi connectivity index (χ0n) is 26.7. The highest BCUT2D eigenvalue weighted by atomic mass is 16.5. The smallest absolute Gasteiger partial charge is 0.252 e. The number of nitrogens with two attached hydrogens (primary N) is 1. The van der Waals surface area contributed by atoms with Crippen LogP contribution in [0.2, 0.25) is 0 Å². The second kappa shape index (κ2) is 16.3. The lowest BCUT2D eigenvalue weighted by Crippen LogP contribution is -2.48. The van der Waals surface area contributed by atoms with Gasteiger partial charge in [-0.3, -0.25) is 19.2 Å². The minimum atomic E-state index is -0.868. The van der Waals surface area contributed by atoms with Crippen LogP contribution in [0.3, 0.4) is 0 Å². The molecule has 3 heterocycles. The molecule has 0 radical (unpaired) electrons. The van der Waals surface area contributed by atoms with Crippen LogP contribution in [0.4, 0.5) is 0 Å². The Labute approximate surface area is 277 Å². The van der Waals surface area contributed by atoms with Crippen LogP contribution in [0.15, 0.2) is 67.1 Å². The molecule has 2 atom stereocenters. The van der Waals surface area contributed by atoms with Crippen LogP contribution in [0.5, 0.6) is 5.75 Å². The summed E-state index contributed by atoms with van der Waals surface area (Å²) in [5, 5.41) is 13.1. The molecule has 0 saturated heterocycles. The van der Waals surface area contributed by atoms with Gasteiger partial charge in [-0.25, -0.2) is 14.6 Å². The van der Waals surface area contributed by atoms with E-state index in [0.717, 1.165) is 5.56 Å². The van der Waals surface area contributed by atoms with Crippen molar-refractivity contribution >= 4 is 23.6 Å². The molecule has 48 heavy (non-hydrogen) atoms. The van der Waals surface area contributed by atoms with E-state index in [4.69, 9.17) is 10.5 Å². The van der Waals surface area contributed by atoms with E-state index in [2.05, 4.69) is 36.0 Å². The summed E-state index contributed by atoms with van der Waals surface area (Å²) in [6.45, 7) is 2.29. The van der Waals surface area contributed by atoms with Crippen molar-refractivity contribution in [3.63, 3.8) is 0 Å². The monoisotopic (exact) mass is 656 g/mol. The number of amides is 4. The van der Waals surface area contributed by atoms with Crippen LogP contribution in [0, 0.1) is 0 Å². The fourth-order valence-electron chi connectivity index (χ4n) is 5.18. The number of hydrogen-bond donors (Lipinski definition) is 5. The van der Waals surface area contributed by atoms with Gasteiger partial charge < -0.3 is 36.3 Å². The van der Waals surface area contributed by atoms with Gasteiger partial charge in [0, 0.05) is 42.5 Å². The van der Waals surface area contributed by atoms with Gasteiger partial charge in [0.2, 0.25) is 17.7 Å². The lowest BCUT2D eigenvalue weighted by atomic mass is 10.1. The molecule has 5 rings (SSSR count). The normalized spacial score (nSPS) is 17.5. The molecule has 0 fully saturated rings. The number of carbonyl (C=O) groups is 4. The summed E-state index contributed by atoms with van der Waals surface area (Å²) in [4.78, 5) is 66.0. The minimum absolute atomic E-state index is 0.134. The predicted molar refractivity (Wildman–Crippen MR) is 175 cm³/mol. The van der Waals surface area contributed by atoms with E-state index >= 15 is 0 Å². The Hall–Kier alpha value is -5.57. The Kier molecular flexibility index (Phi) is 11.5. The summed E-state index contributed by atoms with van der Waals surface area (Å²) < 4.78 is 7.26. The molecule has 0 spiro atoms. The molecule has 2 aromatic carbocycles. The van der Waals surface area contributed by atoms with Crippen molar-refractivity contribution in [1.29, 1.82) is 0 Å². The third-order valence-electron chi connectivity index (χ3n) is 7.66. The molecule has 0 saturated carbocycles. The molecule has 1 aliphatic heterocycles. The highest BCUT2D eigenvalue weighted by Crippen LogP contribution is 2.18. The molecule has 2 aromatic heterocycles. The molecule has 0 aliphatic carbocycles. The van der Waals surface area contributed by atoms with Gasteiger partial charge in [-0.2, -0.15) is 5.10 Å². The predicted octanol–water partition coefficient (Wildman–Crippen LogP) is 0.963. The Bertz CT molecular complexity index is 1690. The zero-order chi connectivity index (χ0) is 33.9. The number of aromatic nitrogens is 5. The van der Waals surface area contributed by atoms with Gasteiger partial charge in [-0.15, -0.1) is 0 Å². The fraction of sp³-hybridized carbons (Fsp3) is 0.364. The standard InChI is InChI=1S/C33H40N10O5/c1-22(34)31-40-30(23-8-3-2-4-9-23)41-43(31)20-29(45)42-14-6-5-12-37-33(47)27(17-25-18-35-21-38-25)39-32(46)24-10-7-11-26(16-24)48-15-13-36-28(44)19-42/h2-4,7-11,16,18,21-22,27H,5-6,12-15,17,19-20,34H2,1H3,(H,35,38)(H,36,44)(H,37,47)(H,39,46)/t22-,27-/m0/s1. The molecule has 2 bridgehead atoms. The number of carbonyl (C=O) groups excluding carboxylic acids is 4. The largest absolute Gasteiger partial charge is 0.492 e. The van der Waals surface area contributed by atoms with Crippen LogP contribution in [-0.4, -0.2) is 92.1 Å². The number of nitrogens with zero attached hydrogens (tertiary/aromatic N) is 5. The molecule has 1 aliphatic rings. The van der Waals surface area contributed by atoms with E-state index in [0.29, 0.717) is 48.0 Å². The second-order valence-corrected chi connectivity index (χ2v) is 11.5. The van der Waals surface area contributed by atoms with Crippen molar-refractivity contribution in [1.82, 2.24) is 45.6 Å². The summed E-state index contributed by atoms with van der Waals surface area (Å²) in [5.41, 5.74) is 7.98.